The summed E-state index contributed by atoms with van der Waals surface area (Å²) in [6.45, 7) is 0.654. The van der Waals surface area contributed by atoms with E-state index in [2.05, 4.69) is 20.9 Å². The van der Waals surface area contributed by atoms with Crippen LogP contribution in [0.15, 0.2) is 34.9 Å². The molecule has 0 N–H and O–H groups in total. The van der Waals surface area contributed by atoms with Crippen LogP contribution in [0.4, 0.5) is 5.82 Å². The molecule has 1 aliphatic heterocycles. The van der Waals surface area contributed by atoms with Crippen LogP contribution in [0.1, 0.15) is 6.42 Å². The Morgan fingerprint density at radius 2 is 2.11 bits per heavy atom. The highest BCUT2D eigenvalue weighted by Crippen LogP contribution is 2.33. The molecule has 1 aromatic heterocycles. The lowest BCUT2D eigenvalue weighted by molar-refractivity contribution is -0.117. The third-order valence-corrected chi connectivity index (χ3v) is 4.47. The van der Waals surface area contributed by atoms with Crippen LogP contribution in [-0.4, -0.2) is 23.3 Å². The summed E-state index contributed by atoms with van der Waals surface area (Å²) in [5.74, 6) is 1.57. The van der Waals surface area contributed by atoms with Crippen LogP contribution in [0.3, 0.4) is 0 Å². The molecule has 1 atom stereocenters. The number of aromatic nitrogens is 1. The Balaban J connectivity index is 2.11. The number of hydrogen-bond donors (Lipinski definition) is 0. The van der Waals surface area contributed by atoms with Gasteiger partial charge in [0.2, 0.25) is 5.91 Å². The Bertz CT molecular complexity index is 646. The molecular formula is C14H12BrClN2O. The van der Waals surface area contributed by atoms with Crippen molar-refractivity contribution >= 4 is 50.0 Å². The molecule has 1 fully saturated rings. The molecule has 0 aliphatic carbocycles. The van der Waals surface area contributed by atoms with Crippen LogP contribution in [0.5, 0.6) is 0 Å². The SMILES string of the molecule is O=C1CC(CCl)CN1c1ncc(Br)c2ccccc12. The van der Waals surface area contributed by atoms with Gasteiger partial charge in [0.25, 0.3) is 0 Å². The van der Waals surface area contributed by atoms with E-state index in [1.165, 1.54) is 0 Å². The standard InChI is InChI=1S/C14H12BrClN2O/c15-12-7-17-14(11-4-2-1-3-10(11)12)18-8-9(6-16)5-13(18)19/h1-4,7,9H,5-6,8H2. The molecule has 98 valence electrons. The molecule has 3 nitrogen and oxygen atoms in total. The Hall–Kier alpha value is -1.13. The normalized spacial score (nSPS) is 19.4. The fourth-order valence-corrected chi connectivity index (χ4v) is 3.10. The van der Waals surface area contributed by atoms with Gasteiger partial charge in [0.1, 0.15) is 5.82 Å². The summed E-state index contributed by atoms with van der Waals surface area (Å²) >= 11 is 9.36. The summed E-state index contributed by atoms with van der Waals surface area (Å²) < 4.78 is 0.937. The third-order valence-electron chi connectivity index (χ3n) is 3.40. The van der Waals surface area contributed by atoms with Crippen LogP contribution in [0, 0.1) is 5.92 Å². The van der Waals surface area contributed by atoms with Crippen molar-refractivity contribution in [1.82, 2.24) is 4.98 Å². The zero-order valence-corrected chi connectivity index (χ0v) is 12.5. The van der Waals surface area contributed by atoms with Crippen LogP contribution >= 0.6 is 27.5 Å². The van der Waals surface area contributed by atoms with E-state index in [4.69, 9.17) is 11.6 Å². The molecule has 0 radical (unpaired) electrons. The van der Waals surface area contributed by atoms with E-state index < -0.39 is 0 Å². The highest BCUT2D eigenvalue weighted by molar-refractivity contribution is 9.10. The number of carbonyl (C=O) groups excluding carboxylic acids is 1. The Labute approximate surface area is 124 Å². The maximum absolute atomic E-state index is 12.1. The van der Waals surface area contributed by atoms with Crippen molar-refractivity contribution in [2.24, 2.45) is 5.92 Å². The minimum absolute atomic E-state index is 0.102. The molecule has 1 aliphatic rings. The van der Waals surface area contributed by atoms with Gasteiger partial charge in [-0.05, 0) is 21.8 Å². The average Bonchev–Trinajstić information content (AvgIpc) is 2.81. The van der Waals surface area contributed by atoms with Crippen LogP contribution in [-0.2, 0) is 4.79 Å². The molecule has 1 amide bonds. The molecule has 2 aromatic rings. The van der Waals surface area contributed by atoms with Gasteiger partial charge in [0, 0.05) is 40.3 Å². The van der Waals surface area contributed by atoms with E-state index in [-0.39, 0.29) is 11.8 Å². The number of benzene rings is 1. The summed E-state index contributed by atoms with van der Waals surface area (Å²) in [4.78, 5) is 18.3. The van der Waals surface area contributed by atoms with Gasteiger partial charge in [-0.15, -0.1) is 11.6 Å². The minimum atomic E-state index is 0.102. The van der Waals surface area contributed by atoms with Crippen LogP contribution in [0.25, 0.3) is 10.8 Å². The first-order valence-electron chi connectivity index (χ1n) is 6.10. The molecular weight excluding hydrogens is 328 g/mol. The van der Waals surface area contributed by atoms with Crippen molar-refractivity contribution in [2.45, 2.75) is 6.42 Å². The lowest BCUT2D eigenvalue weighted by atomic mass is 10.1. The number of fused-ring (bicyclic) bond motifs is 1. The lowest BCUT2D eigenvalue weighted by Gasteiger charge is -2.17. The maximum Gasteiger partial charge on any atom is 0.228 e. The number of hydrogen-bond acceptors (Lipinski definition) is 2. The van der Waals surface area contributed by atoms with Crippen molar-refractivity contribution in [1.29, 1.82) is 0 Å². The Morgan fingerprint density at radius 3 is 2.79 bits per heavy atom. The molecule has 1 saturated heterocycles. The van der Waals surface area contributed by atoms with Crippen molar-refractivity contribution < 1.29 is 4.79 Å². The van der Waals surface area contributed by atoms with Gasteiger partial charge in [-0.25, -0.2) is 4.98 Å². The fraction of sp³-hybridized carbons (Fsp3) is 0.286. The molecule has 0 saturated carbocycles. The first-order valence-corrected chi connectivity index (χ1v) is 7.43. The molecule has 1 unspecified atom stereocenters. The second-order valence-corrected chi connectivity index (χ2v) is 5.87. The number of nitrogens with zero attached hydrogens (tertiary/aromatic N) is 2. The van der Waals surface area contributed by atoms with Gasteiger partial charge < -0.3 is 0 Å². The van der Waals surface area contributed by atoms with Gasteiger partial charge >= 0.3 is 0 Å². The number of anilines is 1. The smallest absolute Gasteiger partial charge is 0.228 e. The summed E-state index contributed by atoms with van der Waals surface area (Å²) in [5, 5.41) is 2.05. The van der Waals surface area contributed by atoms with Crippen molar-refractivity contribution in [3.63, 3.8) is 0 Å². The molecule has 5 heteroatoms. The predicted octanol–water partition coefficient (Wildman–Crippen LogP) is 3.59. The van der Waals surface area contributed by atoms with Crippen LogP contribution < -0.4 is 4.90 Å². The average molecular weight is 340 g/mol. The first kappa shape index (κ1) is 12.9. The van der Waals surface area contributed by atoms with Gasteiger partial charge in [0.15, 0.2) is 0 Å². The van der Waals surface area contributed by atoms with Gasteiger partial charge in [0.05, 0.1) is 0 Å². The van der Waals surface area contributed by atoms with E-state index >= 15 is 0 Å². The number of pyridine rings is 1. The zero-order chi connectivity index (χ0) is 13.4. The molecule has 19 heavy (non-hydrogen) atoms. The van der Waals surface area contributed by atoms with E-state index in [0.717, 1.165) is 21.1 Å². The van der Waals surface area contributed by atoms with Crippen LogP contribution in [0.2, 0.25) is 0 Å². The summed E-state index contributed by atoms with van der Waals surface area (Å²) in [7, 11) is 0. The van der Waals surface area contributed by atoms with Crippen molar-refractivity contribution in [3.05, 3.63) is 34.9 Å². The number of halogens is 2. The molecule has 0 spiro atoms. The summed E-state index contributed by atoms with van der Waals surface area (Å²) in [6, 6.07) is 7.94. The number of alkyl halides is 1. The highest BCUT2D eigenvalue weighted by Gasteiger charge is 2.31. The highest BCUT2D eigenvalue weighted by atomic mass is 79.9. The molecule has 1 aromatic carbocycles. The largest absolute Gasteiger partial charge is 0.296 e. The van der Waals surface area contributed by atoms with E-state index in [0.29, 0.717) is 18.8 Å². The van der Waals surface area contributed by atoms with E-state index in [1.54, 1.807) is 11.1 Å². The van der Waals surface area contributed by atoms with Crippen molar-refractivity contribution in [3.8, 4) is 0 Å². The number of amides is 1. The van der Waals surface area contributed by atoms with Gasteiger partial charge in [-0.3, -0.25) is 9.69 Å². The third kappa shape index (κ3) is 2.23. The minimum Gasteiger partial charge on any atom is -0.296 e. The monoisotopic (exact) mass is 338 g/mol. The Kier molecular flexibility index (Phi) is 3.46. The van der Waals surface area contributed by atoms with E-state index in [9.17, 15) is 4.79 Å². The quantitative estimate of drug-likeness (QED) is 0.783. The predicted molar refractivity (Wildman–Crippen MR) is 80.6 cm³/mol. The molecule has 0 bridgehead atoms. The number of rotatable bonds is 2. The fourth-order valence-electron chi connectivity index (χ4n) is 2.45. The maximum atomic E-state index is 12.1. The second-order valence-electron chi connectivity index (χ2n) is 4.70. The molecule has 3 rings (SSSR count). The van der Waals surface area contributed by atoms with Gasteiger partial charge in [-0.1, -0.05) is 24.3 Å². The number of carbonyl (C=O) groups is 1. The lowest BCUT2D eigenvalue weighted by Crippen LogP contribution is -2.25. The van der Waals surface area contributed by atoms with Crippen molar-refractivity contribution in [2.75, 3.05) is 17.3 Å². The topological polar surface area (TPSA) is 33.2 Å². The Morgan fingerprint density at radius 1 is 1.37 bits per heavy atom. The van der Waals surface area contributed by atoms with E-state index in [1.807, 2.05) is 24.3 Å². The summed E-state index contributed by atoms with van der Waals surface area (Å²) in [6.07, 6.45) is 2.26. The first-order chi connectivity index (χ1) is 9.20. The molecule has 2 heterocycles. The van der Waals surface area contributed by atoms with Gasteiger partial charge in [-0.2, -0.15) is 0 Å². The second kappa shape index (κ2) is 5.10. The zero-order valence-electron chi connectivity index (χ0n) is 10.1. The summed E-state index contributed by atoms with van der Waals surface area (Å²) in [5.41, 5.74) is 0.